The van der Waals surface area contributed by atoms with E-state index in [1.165, 1.54) is 12.8 Å². The number of hydrogen-bond acceptors (Lipinski definition) is 1. The van der Waals surface area contributed by atoms with Crippen molar-refractivity contribution < 1.29 is 13.5 Å². The first-order chi connectivity index (χ1) is 9.72. The molecule has 0 aliphatic heterocycles. The Labute approximate surface area is 119 Å². The SMILES string of the molecule is CCCCCOC1CC=C(c2cccc(F)c2F)CC1. The van der Waals surface area contributed by atoms with Gasteiger partial charge >= 0.3 is 0 Å². The summed E-state index contributed by atoms with van der Waals surface area (Å²) in [6.07, 6.45) is 8.13. The maximum absolute atomic E-state index is 13.7. The molecule has 1 unspecified atom stereocenters. The molecule has 1 nitrogen and oxygen atoms in total. The zero-order valence-electron chi connectivity index (χ0n) is 12.0. The van der Waals surface area contributed by atoms with E-state index in [0.717, 1.165) is 43.9 Å². The van der Waals surface area contributed by atoms with Crippen molar-refractivity contribution in [3.63, 3.8) is 0 Å². The minimum Gasteiger partial charge on any atom is -0.378 e. The molecule has 1 aliphatic carbocycles. The average molecular weight is 280 g/mol. The molecule has 0 radical (unpaired) electrons. The van der Waals surface area contributed by atoms with Crippen LogP contribution in [0.15, 0.2) is 24.3 Å². The van der Waals surface area contributed by atoms with Crippen LogP contribution in [0.25, 0.3) is 5.57 Å². The van der Waals surface area contributed by atoms with Gasteiger partial charge in [0.05, 0.1) is 6.10 Å². The van der Waals surface area contributed by atoms with Gasteiger partial charge in [-0.3, -0.25) is 0 Å². The maximum Gasteiger partial charge on any atom is 0.166 e. The molecule has 0 saturated heterocycles. The lowest BCUT2D eigenvalue weighted by Gasteiger charge is -2.23. The summed E-state index contributed by atoms with van der Waals surface area (Å²) in [6.45, 7) is 2.97. The van der Waals surface area contributed by atoms with Crippen LogP contribution in [0.5, 0.6) is 0 Å². The first-order valence-electron chi connectivity index (χ1n) is 7.47. The molecule has 0 heterocycles. The predicted octanol–water partition coefficient (Wildman–Crippen LogP) is 5.11. The number of hydrogen-bond donors (Lipinski definition) is 0. The topological polar surface area (TPSA) is 9.23 Å². The lowest BCUT2D eigenvalue weighted by Crippen LogP contribution is -2.16. The number of allylic oxidation sites excluding steroid dienone is 1. The summed E-state index contributed by atoms with van der Waals surface area (Å²) in [7, 11) is 0. The van der Waals surface area contributed by atoms with E-state index in [1.807, 2.05) is 6.08 Å². The molecule has 110 valence electrons. The Morgan fingerprint density at radius 2 is 2.10 bits per heavy atom. The van der Waals surface area contributed by atoms with Gasteiger partial charge in [0.1, 0.15) is 0 Å². The fourth-order valence-electron chi connectivity index (χ4n) is 2.56. The molecule has 2 rings (SSSR count). The summed E-state index contributed by atoms with van der Waals surface area (Å²) >= 11 is 0. The van der Waals surface area contributed by atoms with Crippen LogP contribution >= 0.6 is 0 Å². The Bertz CT molecular complexity index is 468. The van der Waals surface area contributed by atoms with Gasteiger partial charge in [0.25, 0.3) is 0 Å². The Balaban J connectivity index is 1.90. The summed E-state index contributed by atoms with van der Waals surface area (Å²) < 4.78 is 32.8. The molecular formula is C17H22F2O. The van der Waals surface area contributed by atoms with Gasteiger partial charge in [-0.05, 0) is 37.3 Å². The average Bonchev–Trinajstić information content (AvgIpc) is 2.47. The monoisotopic (exact) mass is 280 g/mol. The molecule has 1 aromatic rings. The fourth-order valence-corrected chi connectivity index (χ4v) is 2.56. The lowest BCUT2D eigenvalue weighted by atomic mass is 9.91. The Morgan fingerprint density at radius 3 is 2.80 bits per heavy atom. The molecule has 0 bridgehead atoms. The van der Waals surface area contributed by atoms with Crippen LogP contribution in [0.1, 0.15) is 51.0 Å². The van der Waals surface area contributed by atoms with Gasteiger partial charge in [-0.15, -0.1) is 0 Å². The Kier molecular flexibility index (Phi) is 5.72. The van der Waals surface area contributed by atoms with Crippen molar-refractivity contribution in [2.24, 2.45) is 0 Å². The van der Waals surface area contributed by atoms with Crippen LogP contribution in [-0.4, -0.2) is 12.7 Å². The van der Waals surface area contributed by atoms with Gasteiger partial charge in [-0.2, -0.15) is 0 Å². The quantitative estimate of drug-likeness (QED) is 0.658. The summed E-state index contributed by atoms with van der Waals surface area (Å²) in [4.78, 5) is 0. The molecule has 0 N–H and O–H groups in total. The molecular weight excluding hydrogens is 258 g/mol. The van der Waals surface area contributed by atoms with E-state index < -0.39 is 11.6 Å². The molecule has 0 spiro atoms. The van der Waals surface area contributed by atoms with E-state index in [4.69, 9.17) is 4.74 Å². The fraction of sp³-hybridized carbons (Fsp3) is 0.529. The molecule has 1 atom stereocenters. The highest BCUT2D eigenvalue weighted by molar-refractivity contribution is 5.66. The summed E-state index contributed by atoms with van der Waals surface area (Å²) in [5.74, 6) is -1.51. The molecule has 0 fully saturated rings. The second-order valence-corrected chi connectivity index (χ2v) is 5.31. The van der Waals surface area contributed by atoms with Crippen LogP contribution in [0.2, 0.25) is 0 Å². The maximum atomic E-state index is 13.7. The highest BCUT2D eigenvalue weighted by atomic mass is 19.2. The normalized spacial score (nSPS) is 18.9. The molecule has 0 aromatic heterocycles. The molecule has 0 amide bonds. The van der Waals surface area contributed by atoms with Crippen molar-refractivity contribution in [3.8, 4) is 0 Å². The van der Waals surface area contributed by atoms with E-state index >= 15 is 0 Å². The number of benzene rings is 1. The van der Waals surface area contributed by atoms with Crippen LogP contribution < -0.4 is 0 Å². The third-order valence-corrected chi connectivity index (χ3v) is 3.76. The van der Waals surface area contributed by atoms with Crippen molar-refractivity contribution in [2.45, 2.75) is 51.6 Å². The van der Waals surface area contributed by atoms with Crippen molar-refractivity contribution in [1.82, 2.24) is 0 Å². The van der Waals surface area contributed by atoms with Gasteiger partial charge < -0.3 is 4.74 Å². The molecule has 1 aliphatic rings. The molecule has 1 aromatic carbocycles. The molecule has 0 saturated carbocycles. The third-order valence-electron chi connectivity index (χ3n) is 3.76. The summed E-state index contributed by atoms with van der Waals surface area (Å²) in [6, 6.07) is 4.36. The molecule has 3 heteroatoms. The van der Waals surface area contributed by atoms with Crippen LogP contribution in [-0.2, 0) is 4.74 Å². The number of halogens is 2. The van der Waals surface area contributed by atoms with Crippen molar-refractivity contribution in [1.29, 1.82) is 0 Å². The second-order valence-electron chi connectivity index (χ2n) is 5.31. The third kappa shape index (κ3) is 3.89. The van der Waals surface area contributed by atoms with Crippen LogP contribution in [0.3, 0.4) is 0 Å². The van der Waals surface area contributed by atoms with Gasteiger partial charge in [0.15, 0.2) is 11.6 Å². The van der Waals surface area contributed by atoms with Crippen molar-refractivity contribution in [2.75, 3.05) is 6.61 Å². The van der Waals surface area contributed by atoms with E-state index in [0.29, 0.717) is 5.56 Å². The lowest BCUT2D eigenvalue weighted by molar-refractivity contribution is 0.0460. The van der Waals surface area contributed by atoms with E-state index in [9.17, 15) is 8.78 Å². The molecule has 20 heavy (non-hydrogen) atoms. The number of unbranched alkanes of at least 4 members (excludes halogenated alkanes) is 2. The standard InChI is InChI=1S/C17H22F2O/c1-2-3-4-12-20-14-10-8-13(9-11-14)15-6-5-7-16(18)17(15)19/h5-8,14H,2-4,9-12H2,1H3. The largest absolute Gasteiger partial charge is 0.378 e. The van der Waals surface area contributed by atoms with E-state index in [2.05, 4.69) is 6.92 Å². The summed E-state index contributed by atoms with van der Waals surface area (Å²) in [5.41, 5.74) is 1.30. The second kappa shape index (κ2) is 7.53. The minimum atomic E-state index is -0.777. The van der Waals surface area contributed by atoms with Gasteiger partial charge in [-0.25, -0.2) is 8.78 Å². The zero-order chi connectivity index (χ0) is 14.4. The highest BCUT2D eigenvalue weighted by Gasteiger charge is 2.18. The first kappa shape index (κ1) is 15.2. The van der Waals surface area contributed by atoms with Crippen molar-refractivity contribution >= 4 is 5.57 Å². The summed E-state index contributed by atoms with van der Waals surface area (Å²) in [5, 5.41) is 0. The Morgan fingerprint density at radius 1 is 1.25 bits per heavy atom. The van der Waals surface area contributed by atoms with E-state index in [1.54, 1.807) is 12.1 Å². The minimum absolute atomic E-state index is 0.229. The zero-order valence-corrected chi connectivity index (χ0v) is 12.0. The Hall–Kier alpha value is -1.22. The van der Waals surface area contributed by atoms with Gasteiger partial charge in [-0.1, -0.05) is 38.0 Å². The highest BCUT2D eigenvalue weighted by Crippen LogP contribution is 2.30. The van der Waals surface area contributed by atoms with Crippen molar-refractivity contribution in [3.05, 3.63) is 41.5 Å². The van der Waals surface area contributed by atoms with E-state index in [-0.39, 0.29) is 6.10 Å². The predicted molar refractivity (Wildman–Crippen MR) is 77.5 cm³/mol. The first-order valence-corrected chi connectivity index (χ1v) is 7.47. The number of rotatable bonds is 6. The van der Waals surface area contributed by atoms with Gasteiger partial charge in [0, 0.05) is 12.2 Å². The van der Waals surface area contributed by atoms with Crippen LogP contribution in [0, 0.1) is 11.6 Å². The number of ether oxygens (including phenoxy) is 1. The smallest absolute Gasteiger partial charge is 0.166 e. The van der Waals surface area contributed by atoms with Crippen LogP contribution in [0.4, 0.5) is 8.78 Å². The van der Waals surface area contributed by atoms with Gasteiger partial charge in [0.2, 0.25) is 0 Å².